The van der Waals surface area contributed by atoms with Crippen LogP contribution in [-0.4, -0.2) is 37.7 Å². The molecule has 2 N–H and O–H groups in total. The maximum Gasteiger partial charge on any atom is 0.490 e. The Balaban J connectivity index is 0.000000384. The highest BCUT2D eigenvalue weighted by molar-refractivity contribution is 6.31. The van der Waals surface area contributed by atoms with Crippen LogP contribution in [0.5, 0.6) is 0 Å². The molecule has 0 radical (unpaired) electrons. The van der Waals surface area contributed by atoms with Gasteiger partial charge in [-0.3, -0.25) is 9.59 Å². The van der Waals surface area contributed by atoms with Gasteiger partial charge in [-0.1, -0.05) is 41.9 Å². The number of amides is 1. The number of pyridine rings is 1. The molecule has 12 heteroatoms. The SMILES string of the molecule is O=C(O)C(F)(F)F.O=C1NC(Cc2ccccc2)c2nc3cc(Cl)ccc3c(=O)n2-c2ncccc21. The monoisotopic (exact) mass is 516 g/mol. The highest BCUT2D eigenvalue weighted by atomic mass is 35.5. The zero-order valence-electron chi connectivity index (χ0n) is 18.2. The van der Waals surface area contributed by atoms with Crippen LogP contribution in [0.15, 0.2) is 71.7 Å². The molecule has 1 unspecified atom stereocenters. The number of aliphatic carboxylic acids is 1. The van der Waals surface area contributed by atoms with Crippen molar-refractivity contribution in [1.29, 1.82) is 0 Å². The standard InChI is InChI=1S/C22H15ClN4O2.C2HF3O2/c23-14-8-9-15-17(12-14)25-20-18(11-13-5-2-1-3-6-13)26-21(28)16-7-4-10-24-19(16)27(20)22(15)29;3-2(4,5)1(6)7/h1-10,12,18H,11H2,(H,26,28);(H,6,7). The van der Waals surface area contributed by atoms with Gasteiger partial charge in [0.1, 0.15) is 5.82 Å². The summed E-state index contributed by atoms with van der Waals surface area (Å²) in [5.74, 6) is -2.34. The summed E-state index contributed by atoms with van der Waals surface area (Å²) < 4.78 is 33.2. The van der Waals surface area contributed by atoms with Crippen LogP contribution in [0.25, 0.3) is 16.7 Å². The van der Waals surface area contributed by atoms with Crippen molar-refractivity contribution in [2.45, 2.75) is 18.6 Å². The van der Waals surface area contributed by atoms with Gasteiger partial charge in [0, 0.05) is 11.2 Å². The summed E-state index contributed by atoms with van der Waals surface area (Å²) in [7, 11) is 0. The average Bonchev–Trinajstić information content (AvgIpc) is 2.94. The Bertz CT molecular complexity index is 1520. The van der Waals surface area contributed by atoms with E-state index in [2.05, 4.69) is 10.3 Å². The van der Waals surface area contributed by atoms with E-state index in [0.29, 0.717) is 33.7 Å². The van der Waals surface area contributed by atoms with Crippen molar-refractivity contribution in [2.75, 3.05) is 0 Å². The molecule has 1 aliphatic rings. The molecule has 0 saturated carbocycles. The lowest BCUT2D eigenvalue weighted by atomic mass is 10.0. The van der Waals surface area contributed by atoms with Crippen LogP contribution in [0, 0.1) is 0 Å². The van der Waals surface area contributed by atoms with Gasteiger partial charge in [0.05, 0.1) is 22.5 Å². The Morgan fingerprint density at radius 3 is 2.44 bits per heavy atom. The van der Waals surface area contributed by atoms with Gasteiger partial charge in [0.25, 0.3) is 11.5 Å². The molecular formula is C24H16ClF3N4O4. The maximum absolute atomic E-state index is 13.4. The Labute approximate surface area is 206 Å². The van der Waals surface area contributed by atoms with Crippen LogP contribution in [0.1, 0.15) is 27.8 Å². The lowest BCUT2D eigenvalue weighted by molar-refractivity contribution is -0.192. The van der Waals surface area contributed by atoms with Crippen molar-refractivity contribution in [3.63, 3.8) is 0 Å². The molecule has 5 rings (SSSR count). The predicted molar refractivity (Wildman–Crippen MR) is 124 cm³/mol. The van der Waals surface area contributed by atoms with E-state index in [1.54, 1.807) is 36.5 Å². The number of carbonyl (C=O) groups excluding carboxylic acids is 1. The van der Waals surface area contributed by atoms with Gasteiger partial charge in [-0.2, -0.15) is 13.2 Å². The van der Waals surface area contributed by atoms with E-state index < -0.39 is 18.2 Å². The molecule has 1 aliphatic heterocycles. The highest BCUT2D eigenvalue weighted by Gasteiger charge is 2.38. The topological polar surface area (TPSA) is 114 Å². The number of nitrogens with zero attached hydrogens (tertiary/aromatic N) is 3. The van der Waals surface area contributed by atoms with Crippen molar-refractivity contribution in [1.82, 2.24) is 19.9 Å². The molecule has 0 fully saturated rings. The molecule has 3 heterocycles. The second-order valence-electron chi connectivity index (χ2n) is 7.67. The molecule has 2 aromatic heterocycles. The lowest BCUT2D eigenvalue weighted by Gasteiger charge is -2.19. The zero-order chi connectivity index (χ0) is 26.0. The smallest absolute Gasteiger partial charge is 0.475 e. The van der Waals surface area contributed by atoms with Gasteiger partial charge in [0.2, 0.25) is 0 Å². The quantitative estimate of drug-likeness (QED) is 0.415. The molecular weight excluding hydrogens is 501 g/mol. The van der Waals surface area contributed by atoms with E-state index in [0.717, 1.165) is 5.56 Å². The van der Waals surface area contributed by atoms with Crippen LogP contribution < -0.4 is 10.9 Å². The minimum Gasteiger partial charge on any atom is -0.475 e. The number of nitrogens with one attached hydrogen (secondary N) is 1. The molecule has 1 atom stereocenters. The Morgan fingerprint density at radius 2 is 1.78 bits per heavy atom. The second kappa shape index (κ2) is 9.78. The number of aromatic nitrogens is 3. The first-order valence-corrected chi connectivity index (χ1v) is 10.8. The minimum absolute atomic E-state index is 0.281. The average molecular weight is 517 g/mol. The first kappa shape index (κ1) is 24.9. The molecule has 2 aromatic carbocycles. The summed E-state index contributed by atoms with van der Waals surface area (Å²) in [4.78, 5) is 44.3. The van der Waals surface area contributed by atoms with Crippen LogP contribution in [0.2, 0.25) is 5.02 Å². The fraction of sp³-hybridized carbons (Fsp3) is 0.125. The van der Waals surface area contributed by atoms with E-state index in [-0.39, 0.29) is 17.3 Å². The number of rotatable bonds is 2. The fourth-order valence-electron chi connectivity index (χ4n) is 3.66. The van der Waals surface area contributed by atoms with E-state index in [9.17, 15) is 22.8 Å². The largest absolute Gasteiger partial charge is 0.490 e. The molecule has 184 valence electrons. The van der Waals surface area contributed by atoms with Crippen LogP contribution in [0.4, 0.5) is 13.2 Å². The van der Waals surface area contributed by atoms with Gasteiger partial charge < -0.3 is 10.4 Å². The maximum atomic E-state index is 13.4. The summed E-state index contributed by atoms with van der Waals surface area (Å²) in [6.45, 7) is 0. The molecule has 1 amide bonds. The van der Waals surface area contributed by atoms with Gasteiger partial charge >= 0.3 is 12.1 Å². The summed E-state index contributed by atoms with van der Waals surface area (Å²) >= 11 is 6.13. The van der Waals surface area contributed by atoms with Crippen molar-refractivity contribution < 1.29 is 27.9 Å². The predicted octanol–water partition coefficient (Wildman–Crippen LogP) is 4.09. The van der Waals surface area contributed by atoms with E-state index >= 15 is 0 Å². The third-order valence-electron chi connectivity index (χ3n) is 5.24. The molecule has 0 bridgehead atoms. The number of carboxylic acids is 1. The number of alkyl halides is 3. The Morgan fingerprint density at radius 1 is 1.08 bits per heavy atom. The third-order valence-corrected chi connectivity index (χ3v) is 5.48. The molecule has 0 saturated heterocycles. The van der Waals surface area contributed by atoms with Gasteiger partial charge in [-0.15, -0.1) is 0 Å². The van der Waals surface area contributed by atoms with E-state index in [1.807, 2.05) is 30.3 Å². The minimum atomic E-state index is -5.08. The Kier molecular flexibility index (Phi) is 6.75. The number of halogens is 4. The van der Waals surface area contributed by atoms with Crippen LogP contribution in [-0.2, 0) is 11.2 Å². The van der Waals surface area contributed by atoms with Crippen LogP contribution >= 0.6 is 11.6 Å². The number of hydrogen-bond acceptors (Lipinski definition) is 5. The lowest BCUT2D eigenvalue weighted by Crippen LogP contribution is -2.32. The normalized spacial score (nSPS) is 14.6. The number of carbonyl (C=O) groups is 2. The summed E-state index contributed by atoms with van der Waals surface area (Å²) in [5.41, 5.74) is 1.56. The molecule has 0 spiro atoms. The zero-order valence-corrected chi connectivity index (χ0v) is 18.9. The molecule has 4 aromatic rings. The van der Waals surface area contributed by atoms with E-state index in [4.69, 9.17) is 26.5 Å². The van der Waals surface area contributed by atoms with Gasteiger partial charge in [-0.25, -0.2) is 19.3 Å². The molecule has 8 nitrogen and oxygen atoms in total. The second-order valence-corrected chi connectivity index (χ2v) is 8.10. The number of hydrogen-bond donors (Lipinski definition) is 2. The number of benzene rings is 2. The summed E-state index contributed by atoms with van der Waals surface area (Å²) in [6, 6.07) is 17.5. The van der Waals surface area contributed by atoms with Crippen LogP contribution in [0.3, 0.4) is 0 Å². The number of carboxylic acid groups (broad SMARTS) is 1. The molecule has 0 aliphatic carbocycles. The van der Waals surface area contributed by atoms with E-state index in [1.165, 1.54) is 4.57 Å². The first-order chi connectivity index (χ1) is 17.1. The highest BCUT2D eigenvalue weighted by Crippen LogP contribution is 2.26. The van der Waals surface area contributed by atoms with Crippen molar-refractivity contribution in [3.8, 4) is 5.82 Å². The van der Waals surface area contributed by atoms with Crippen molar-refractivity contribution >= 4 is 34.4 Å². The van der Waals surface area contributed by atoms with Crippen molar-refractivity contribution in [3.05, 3.63) is 99.2 Å². The van der Waals surface area contributed by atoms with Gasteiger partial charge in [-0.05, 0) is 42.3 Å². The third kappa shape index (κ3) is 5.05. The summed E-state index contributed by atoms with van der Waals surface area (Å²) in [5, 5.41) is 11.0. The first-order valence-electron chi connectivity index (χ1n) is 10.4. The molecule has 36 heavy (non-hydrogen) atoms. The number of fused-ring (bicyclic) bond motifs is 4. The fourth-order valence-corrected chi connectivity index (χ4v) is 3.83. The van der Waals surface area contributed by atoms with Crippen molar-refractivity contribution in [2.24, 2.45) is 0 Å². The van der Waals surface area contributed by atoms with Gasteiger partial charge in [0.15, 0.2) is 5.82 Å². The Hall–Kier alpha value is -4.25. The summed E-state index contributed by atoms with van der Waals surface area (Å²) in [6.07, 6.45) is -3.04.